The summed E-state index contributed by atoms with van der Waals surface area (Å²) in [5.41, 5.74) is 3.69. The first-order valence-electron chi connectivity index (χ1n) is 5.66. The van der Waals surface area contributed by atoms with Gasteiger partial charge in [0.15, 0.2) is 0 Å². The van der Waals surface area contributed by atoms with E-state index in [2.05, 4.69) is 69.1 Å². The standard InChI is InChI=1S/C15H14Br2O/c1-10-3-4-12(9-14(10)16)15(17)11-5-7-13(18-2)8-6-11/h3-9,15H,1-2H3. The van der Waals surface area contributed by atoms with Crippen molar-refractivity contribution in [1.82, 2.24) is 0 Å². The number of halogens is 2. The molecule has 94 valence electrons. The average molecular weight is 370 g/mol. The van der Waals surface area contributed by atoms with E-state index in [0.717, 1.165) is 10.2 Å². The smallest absolute Gasteiger partial charge is 0.118 e. The highest BCUT2D eigenvalue weighted by Crippen LogP contribution is 2.33. The minimum atomic E-state index is 0.195. The molecule has 2 rings (SSSR count). The highest BCUT2D eigenvalue weighted by molar-refractivity contribution is 9.10. The normalized spacial score (nSPS) is 12.2. The van der Waals surface area contributed by atoms with Gasteiger partial charge in [0.2, 0.25) is 0 Å². The van der Waals surface area contributed by atoms with E-state index in [9.17, 15) is 0 Å². The maximum absolute atomic E-state index is 5.17. The van der Waals surface area contributed by atoms with Crippen molar-refractivity contribution < 1.29 is 4.74 Å². The summed E-state index contributed by atoms with van der Waals surface area (Å²) >= 11 is 7.31. The predicted molar refractivity (Wildman–Crippen MR) is 82.6 cm³/mol. The lowest BCUT2D eigenvalue weighted by atomic mass is 10.0. The first-order valence-corrected chi connectivity index (χ1v) is 7.36. The second-order valence-corrected chi connectivity index (χ2v) is 5.91. The van der Waals surface area contributed by atoms with Crippen LogP contribution < -0.4 is 4.74 Å². The van der Waals surface area contributed by atoms with Gasteiger partial charge in [-0.2, -0.15) is 0 Å². The number of alkyl halides is 1. The van der Waals surface area contributed by atoms with Crippen molar-refractivity contribution in [3.05, 3.63) is 63.6 Å². The Labute approximate surface area is 124 Å². The lowest BCUT2D eigenvalue weighted by Gasteiger charge is -2.12. The minimum absolute atomic E-state index is 0.195. The molecule has 3 heteroatoms. The van der Waals surface area contributed by atoms with Gasteiger partial charge in [-0.3, -0.25) is 0 Å². The maximum Gasteiger partial charge on any atom is 0.118 e. The van der Waals surface area contributed by atoms with Crippen LogP contribution in [-0.2, 0) is 0 Å². The number of aryl methyl sites for hydroxylation is 1. The summed E-state index contributed by atoms with van der Waals surface area (Å²) in [5, 5.41) is 0. The molecule has 0 aromatic heterocycles. The third-order valence-electron chi connectivity index (χ3n) is 2.90. The Morgan fingerprint density at radius 1 is 1.00 bits per heavy atom. The largest absolute Gasteiger partial charge is 0.497 e. The summed E-state index contributed by atoms with van der Waals surface area (Å²) in [5.74, 6) is 0.878. The van der Waals surface area contributed by atoms with Gasteiger partial charge in [-0.05, 0) is 41.8 Å². The van der Waals surface area contributed by atoms with E-state index in [-0.39, 0.29) is 4.83 Å². The molecule has 0 spiro atoms. The Kier molecular flexibility index (Phi) is 4.46. The van der Waals surface area contributed by atoms with Crippen LogP contribution in [0.4, 0.5) is 0 Å². The van der Waals surface area contributed by atoms with Crippen LogP contribution in [0.1, 0.15) is 21.5 Å². The van der Waals surface area contributed by atoms with Crippen molar-refractivity contribution in [2.75, 3.05) is 7.11 Å². The van der Waals surface area contributed by atoms with Gasteiger partial charge in [-0.15, -0.1) is 0 Å². The Bertz CT molecular complexity index is 535. The number of ether oxygens (including phenoxy) is 1. The first-order chi connectivity index (χ1) is 8.61. The molecule has 2 aromatic rings. The van der Waals surface area contributed by atoms with Crippen molar-refractivity contribution in [3.8, 4) is 5.75 Å². The summed E-state index contributed by atoms with van der Waals surface area (Å²) < 4.78 is 6.30. The molecule has 0 heterocycles. The molecule has 0 aliphatic rings. The second-order valence-electron chi connectivity index (χ2n) is 4.14. The number of hydrogen-bond acceptors (Lipinski definition) is 1. The van der Waals surface area contributed by atoms with Crippen molar-refractivity contribution in [1.29, 1.82) is 0 Å². The van der Waals surface area contributed by atoms with E-state index < -0.39 is 0 Å². The highest BCUT2D eigenvalue weighted by atomic mass is 79.9. The molecule has 1 nitrogen and oxygen atoms in total. The van der Waals surface area contributed by atoms with Crippen LogP contribution in [0.15, 0.2) is 46.9 Å². The van der Waals surface area contributed by atoms with E-state index in [4.69, 9.17) is 4.74 Å². The van der Waals surface area contributed by atoms with Crippen LogP contribution in [0.2, 0.25) is 0 Å². The Morgan fingerprint density at radius 3 is 2.17 bits per heavy atom. The minimum Gasteiger partial charge on any atom is -0.497 e. The molecule has 2 aromatic carbocycles. The van der Waals surface area contributed by atoms with Crippen LogP contribution in [-0.4, -0.2) is 7.11 Å². The Morgan fingerprint density at radius 2 is 1.61 bits per heavy atom. The fourth-order valence-electron chi connectivity index (χ4n) is 1.73. The van der Waals surface area contributed by atoms with Gasteiger partial charge in [0.05, 0.1) is 11.9 Å². The summed E-state index contributed by atoms with van der Waals surface area (Å²) in [6.45, 7) is 2.09. The quantitative estimate of drug-likeness (QED) is 0.671. The number of hydrogen-bond donors (Lipinski definition) is 0. The molecule has 0 radical (unpaired) electrons. The maximum atomic E-state index is 5.17. The topological polar surface area (TPSA) is 9.23 Å². The van der Waals surface area contributed by atoms with Crippen molar-refractivity contribution in [2.45, 2.75) is 11.8 Å². The summed E-state index contributed by atoms with van der Waals surface area (Å²) in [6.07, 6.45) is 0. The second kappa shape index (κ2) is 5.89. The zero-order valence-corrected chi connectivity index (χ0v) is 13.5. The molecule has 1 atom stereocenters. The fourth-order valence-corrected chi connectivity index (χ4v) is 2.72. The number of rotatable bonds is 3. The van der Waals surface area contributed by atoms with Crippen molar-refractivity contribution >= 4 is 31.9 Å². The molecule has 18 heavy (non-hydrogen) atoms. The SMILES string of the molecule is COc1ccc(C(Br)c2ccc(C)c(Br)c2)cc1. The van der Waals surface area contributed by atoms with E-state index in [0.29, 0.717) is 0 Å². The van der Waals surface area contributed by atoms with Gasteiger partial charge in [0, 0.05) is 4.47 Å². The van der Waals surface area contributed by atoms with E-state index >= 15 is 0 Å². The lowest BCUT2D eigenvalue weighted by Crippen LogP contribution is -1.93. The molecule has 0 amide bonds. The van der Waals surface area contributed by atoms with Crippen LogP contribution >= 0.6 is 31.9 Å². The van der Waals surface area contributed by atoms with Crippen LogP contribution in [0.5, 0.6) is 5.75 Å². The molecule has 0 aliphatic heterocycles. The fraction of sp³-hybridized carbons (Fsp3) is 0.200. The average Bonchev–Trinajstić information content (AvgIpc) is 2.41. The third-order valence-corrected chi connectivity index (χ3v) is 4.81. The first kappa shape index (κ1) is 13.6. The molecule has 0 saturated carbocycles. The summed E-state index contributed by atoms with van der Waals surface area (Å²) in [7, 11) is 1.68. The predicted octanol–water partition coefficient (Wildman–Crippen LogP) is 5.25. The molecular formula is C15H14Br2O. The van der Waals surface area contributed by atoms with Gasteiger partial charge in [-0.25, -0.2) is 0 Å². The highest BCUT2D eigenvalue weighted by Gasteiger charge is 2.11. The van der Waals surface area contributed by atoms with Gasteiger partial charge < -0.3 is 4.74 Å². The Balaban J connectivity index is 2.28. The third kappa shape index (κ3) is 2.96. The molecular weight excluding hydrogens is 356 g/mol. The van der Waals surface area contributed by atoms with Gasteiger partial charge >= 0.3 is 0 Å². The van der Waals surface area contributed by atoms with Gasteiger partial charge in [0.25, 0.3) is 0 Å². The molecule has 0 fully saturated rings. The van der Waals surface area contributed by atoms with Gasteiger partial charge in [-0.1, -0.05) is 56.1 Å². The zero-order chi connectivity index (χ0) is 13.1. The lowest BCUT2D eigenvalue weighted by molar-refractivity contribution is 0.414. The van der Waals surface area contributed by atoms with Crippen molar-refractivity contribution in [3.63, 3.8) is 0 Å². The van der Waals surface area contributed by atoms with Crippen LogP contribution in [0.25, 0.3) is 0 Å². The van der Waals surface area contributed by atoms with E-state index in [1.165, 1.54) is 16.7 Å². The van der Waals surface area contributed by atoms with Crippen LogP contribution in [0, 0.1) is 6.92 Å². The van der Waals surface area contributed by atoms with E-state index in [1.54, 1.807) is 7.11 Å². The summed E-state index contributed by atoms with van der Waals surface area (Å²) in [4.78, 5) is 0.195. The monoisotopic (exact) mass is 368 g/mol. The number of benzene rings is 2. The molecule has 0 saturated heterocycles. The Hall–Kier alpha value is -0.800. The number of methoxy groups -OCH3 is 1. The summed E-state index contributed by atoms with van der Waals surface area (Å²) in [6, 6.07) is 14.5. The van der Waals surface area contributed by atoms with E-state index in [1.807, 2.05) is 12.1 Å². The molecule has 0 N–H and O–H groups in total. The van der Waals surface area contributed by atoms with Crippen LogP contribution in [0.3, 0.4) is 0 Å². The molecule has 0 aliphatic carbocycles. The molecule has 0 bridgehead atoms. The zero-order valence-electron chi connectivity index (χ0n) is 10.3. The molecule has 1 unspecified atom stereocenters. The van der Waals surface area contributed by atoms with Crippen molar-refractivity contribution in [2.24, 2.45) is 0 Å². The van der Waals surface area contributed by atoms with Gasteiger partial charge in [0.1, 0.15) is 5.75 Å².